The quantitative estimate of drug-likeness (QED) is 0.622. The maximum atomic E-state index is 13.2. The summed E-state index contributed by atoms with van der Waals surface area (Å²) < 4.78 is 118. The SMILES string of the molecule is CCC(C)C(C(O)c1cc(C(F)(F)F)c(C#N)c(C(F)(F)F)c1)C(O)C(F)(F)F. The lowest BCUT2D eigenvalue weighted by Gasteiger charge is -2.34. The van der Waals surface area contributed by atoms with Gasteiger partial charge in [-0.1, -0.05) is 20.3 Å². The van der Waals surface area contributed by atoms with Gasteiger partial charge in [-0.15, -0.1) is 0 Å². The molecular weight excluding hydrogens is 421 g/mol. The summed E-state index contributed by atoms with van der Waals surface area (Å²) in [6.45, 7) is 2.52. The van der Waals surface area contributed by atoms with Gasteiger partial charge in [0.1, 0.15) is 6.07 Å². The largest absolute Gasteiger partial charge is 0.417 e. The standard InChI is InChI=1S/C17H16F9NO2/c1-3-7(2)12(14(29)17(24,25)26)13(28)8-4-10(15(18,19)20)9(6-27)11(5-8)16(21,22)23/h4-5,7,12-14,28-29H,3H2,1-2H3. The lowest BCUT2D eigenvalue weighted by molar-refractivity contribution is -0.235. The first-order valence-electron chi connectivity index (χ1n) is 8.12. The van der Waals surface area contributed by atoms with E-state index >= 15 is 0 Å². The van der Waals surface area contributed by atoms with Crippen molar-refractivity contribution in [1.82, 2.24) is 0 Å². The van der Waals surface area contributed by atoms with Crippen molar-refractivity contribution in [2.24, 2.45) is 11.8 Å². The van der Waals surface area contributed by atoms with E-state index in [4.69, 9.17) is 5.26 Å². The average Bonchev–Trinajstić information content (AvgIpc) is 2.57. The molecule has 0 aromatic heterocycles. The number of halogens is 9. The molecule has 1 aromatic rings. The molecule has 4 atom stereocenters. The number of rotatable bonds is 5. The second kappa shape index (κ2) is 8.39. The summed E-state index contributed by atoms with van der Waals surface area (Å²) >= 11 is 0. The first-order chi connectivity index (χ1) is 13.0. The summed E-state index contributed by atoms with van der Waals surface area (Å²) in [6, 6.07) is 0.797. The van der Waals surface area contributed by atoms with Crippen molar-refractivity contribution in [2.45, 2.75) is 51.0 Å². The number of aliphatic hydroxyl groups is 2. The molecule has 0 fully saturated rings. The second-order valence-corrected chi connectivity index (χ2v) is 6.49. The van der Waals surface area contributed by atoms with E-state index in [1.54, 1.807) is 0 Å². The first kappa shape index (κ1) is 25.0. The van der Waals surface area contributed by atoms with Crippen LogP contribution in [0.15, 0.2) is 12.1 Å². The third-order valence-electron chi connectivity index (χ3n) is 4.59. The molecule has 0 radical (unpaired) electrons. The number of alkyl halides is 9. The Balaban J connectivity index is 3.77. The molecule has 2 N–H and O–H groups in total. The Morgan fingerprint density at radius 2 is 1.34 bits per heavy atom. The van der Waals surface area contributed by atoms with Gasteiger partial charge in [-0.2, -0.15) is 44.8 Å². The molecule has 4 unspecified atom stereocenters. The monoisotopic (exact) mass is 437 g/mol. The van der Waals surface area contributed by atoms with Gasteiger partial charge in [0, 0.05) is 5.92 Å². The zero-order chi connectivity index (χ0) is 22.9. The Morgan fingerprint density at radius 1 is 0.931 bits per heavy atom. The van der Waals surface area contributed by atoms with Crippen molar-refractivity contribution in [3.63, 3.8) is 0 Å². The van der Waals surface area contributed by atoms with Crippen LogP contribution in [0.25, 0.3) is 0 Å². The number of hydrogen-bond donors (Lipinski definition) is 2. The van der Waals surface area contributed by atoms with Crippen molar-refractivity contribution in [2.75, 3.05) is 0 Å². The average molecular weight is 437 g/mol. The fourth-order valence-corrected chi connectivity index (χ4v) is 2.91. The van der Waals surface area contributed by atoms with Crippen molar-refractivity contribution >= 4 is 0 Å². The number of nitrogens with zero attached hydrogens (tertiary/aromatic N) is 1. The zero-order valence-electron chi connectivity index (χ0n) is 14.9. The molecule has 0 amide bonds. The van der Waals surface area contributed by atoms with Crippen LogP contribution in [0, 0.1) is 23.2 Å². The third-order valence-corrected chi connectivity index (χ3v) is 4.59. The first-order valence-corrected chi connectivity index (χ1v) is 8.12. The maximum absolute atomic E-state index is 13.2. The van der Waals surface area contributed by atoms with E-state index in [-0.39, 0.29) is 18.6 Å². The molecule has 1 rings (SSSR count). The van der Waals surface area contributed by atoms with Crippen LogP contribution >= 0.6 is 0 Å². The van der Waals surface area contributed by atoms with Crippen LogP contribution in [-0.4, -0.2) is 22.5 Å². The van der Waals surface area contributed by atoms with Crippen LogP contribution < -0.4 is 0 Å². The second-order valence-electron chi connectivity index (χ2n) is 6.49. The van der Waals surface area contributed by atoms with Crippen LogP contribution in [-0.2, 0) is 12.4 Å². The van der Waals surface area contributed by atoms with E-state index in [0.29, 0.717) is 0 Å². The minimum absolute atomic E-state index is 0.00304. The van der Waals surface area contributed by atoms with Crippen molar-refractivity contribution in [3.05, 3.63) is 34.4 Å². The highest BCUT2D eigenvalue weighted by atomic mass is 19.4. The minimum atomic E-state index is -5.45. The molecule has 0 aliphatic rings. The molecule has 29 heavy (non-hydrogen) atoms. The zero-order valence-corrected chi connectivity index (χ0v) is 14.9. The molecular formula is C17H16F9NO2. The number of nitriles is 1. The summed E-state index contributed by atoms with van der Waals surface area (Å²) in [5.41, 5.74) is -7.00. The molecule has 0 heterocycles. The Kier molecular flexibility index (Phi) is 7.25. The lowest BCUT2D eigenvalue weighted by Crippen LogP contribution is -2.42. The highest BCUT2D eigenvalue weighted by Gasteiger charge is 2.49. The third kappa shape index (κ3) is 5.54. The highest BCUT2D eigenvalue weighted by molar-refractivity contribution is 5.50. The Hall–Kier alpha value is -2.00. The van der Waals surface area contributed by atoms with Gasteiger partial charge in [-0.05, 0) is 23.6 Å². The van der Waals surface area contributed by atoms with Crippen LogP contribution in [0.1, 0.15) is 48.6 Å². The molecule has 0 saturated carbocycles. The molecule has 0 bridgehead atoms. The summed E-state index contributed by atoms with van der Waals surface area (Å²) in [4.78, 5) is 0. The molecule has 0 aliphatic heterocycles. The molecule has 3 nitrogen and oxygen atoms in total. The topological polar surface area (TPSA) is 64.2 Å². The smallest absolute Gasteiger partial charge is 0.388 e. The molecule has 1 aromatic carbocycles. The van der Waals surface area contributed by atoms with E-state index in [1.165, 1.54) is 6.92 Å². The van der Waals surface area contributed by atoms with Gasteiger partial charge in [-0.3, -0.25) is 0 Å². The van der Waals surface area contributed by atoms with E-state index in [9.17, 15) is 49.7 Å². The summed E-state index contributed by atoms with van der Waals surface area (Å²) in [7, 11) is 0. The van der Waals surface area contributed by atoms with Gasteiger partial charge < -0.3 is 10.2 Å². The predicted molar refractivity (Wildman–Crippen MR) is 81.1 cm³/mol. The van der Waals surface area contributed by atoms with E-state index in [0.717, 1.165) is 13.0 Å². The van der Waals surface area contributed by atoms with Gasteiger partial charge >= 0.3 is 18.5 Å². The molecule has 0 spiro atoms. The number of benzene rings is 1. The fourth-order valence-electron chi connectivity index (χ4n) is 2.91. The van der Waals surface area contributed by atoms with Crippen LogP contribution in [0.5, 0.6) is 0 Å². The molecule has 0 saturated heterocycles. The summed E-state index contributed by atoms with van der Waals surface area (Å²) in [5, 5.41) is 28.6. The molecule has 164 valence electrons. The van der Waals surface area contributed by atoms with Gasteiger partial charge in [-0.25, -0.2) is 0 Å². The van der Waals surface area contributed by atoms with Crippen LogP contribution in [0.4, 0.5) is 39.5 Å². The molecule has 0 aliphatic carbocycles. The van der Waals surface area contributed by atoms with Gasteiger partial charge in [0.2, 0.25) is 0 Å². The van der Waals surface area contributed by atoms with Gasteiger partial charge in [0.05, 0.1) is 22.8 Å². The highest BCUT2D eigenvalue weighted by Crippen LogP contribution is 2.44. The predicted octanol–water partition coefficient (Wildman–Crippen LogP) is 5.21. The van der Waals surface area contributed by atoms with E-state index < -0.39 is 64.8 Å². The number of hydrogen-bond acceptors (Lipinski definition) is 3. The van der Waals surface area contributed by atoms with Crippen molar-refractivity contribution < 1.29 is 49.7 Å². The van der Waals surface area contributed by atoms with Crippen molar-refractivity contribution in [3.8, 4) is 6.07 Å². The Morgan fingerprint density at radius 3 is 1.62 bits per heavy atom. The maximum Gasteiger partial charge on any atom is 0.417 e. The number of aliphatic hydroxyl groups excluding tert-OH is 2. The Labute approximate surface area is 159 Å². The van der Waals surface area contributed by atoms with Gasteiger partial charge in [0.15, 0.2) is 6.10 Å². The van der Waals surface area contributed by atoms with E-state index in [2.05, 4.69) is 0 Å². The van der Waals surface area contributed by atoms with Crippen LogP contribution in [0.3, 0.4) is 0 Å². The lowest BCUT2D eigenvalue weighted by atomic mass is 9.79. The summed E-state index contributed by atoms with van der Waals surface area (Å²) in [5.74, 6) is -3.27. The Bertz CT molecular complexity index is 727. The normalized spacial score (nSPS) is 17.4. The van der Waals surface area contributed by atoms with Crippen LogP contribution in [0.2, 0.25) is 0 Å². The minimum Gasteiger partial charge on any atom is -0.388 e. The molecule has 12 heteroatoms. The van der Waals surface area contributed by atoms with E-state index in [1.807, 2.05) is 0 Å². The summed E-state index contributed by atoms with van der Waals surface area (Å²) in [6.07, 6.45) is -22.0. The van der Waals surface area contributed by atoms with Gasteiger partial charge in [0.25, 0.3) is 0 Å². The van der Waals surface area contributed by atoms with Crippen molar-refractivity contribution in [1.29, 1.82) is 5.26 Å². The fraction of sp³-hybridized carbons (Fsp3) is 0.588.